The topological polar surface area (TPSA) is 70.5 Å². The van der Waals surface area contributed by atoms with Crippen LogP contribution >= 0.6 is 12.2 Å². The average Bonchev–Trinajstić information content (AvgIpc) is 3.56. The lowest BCUT2D eigenvalue weighted by molar-refractivity contribution is 0.317. The van der Waals surface area contributed by atoms with Crippen LogP contribution in [0.1, 0.15) is 29.7 Å². The first kappa shape index (κ1) is 26.2. The van der Waals surface area contributed by atoms with Gasteiger partial charge in [-0.3, -0.25) is 0 Å². The molecule has 10 heteroatoms. The van der Waals surface area contributed by atoms with Crippen LogP contribution in [0.2, 0.25) is 0 Å². The van der Waals surface area contributed by atoms with Crippen molar-refractivity contribution in [3.8, 4) is 0 Å². The largest absolute Gasteiger partial charge is 0.360 e. The van der Waals surface area contributed by atoms with Crippen molar-refractivity contribution in [2.45, 2.75) is 42.9 Å². The molecule has 36 heavy (non-hydrogen) atoms. The van der Waals surface area contributed by atoms with Crippen LogP contribution in [0.15, 0.2) is 66.0 Å². The van der Waals surface area contributed by atoms with E-state index in [1.165, 1.54) is 24.3 Å². The highest BCUT2D eigenvalue weighted by Gasteiger charge is 2.27. The highest BCUT2D eigenvalue weighted by molar-refractivity contribution is 7.90. The highest BCUT2D eigenvalue weighted by Crippen LogP contribution is 2.22. The molecule has 0 bridgehead atoms. The van der Waals surface area contributed by atoms with E-state index in [-0.39, 0.29) is 10.9 Å². The molecule has 0 saturated heterocycles. The number of imidazole rings is 1. The zero-order chi connectivity index (χ0) is 25.7. The molecule has 1 fully saturated rings. The van der Waals surface area contributed by atoms with Crippen molar-refractivity contribution < 1.29 is 12.8 Å². The van der Waals surface area contributed by atoms with E-state index in [2.05, 4.69) is 20.1 Å². The predicted octanol–water partition coefficient (Wildman–Crippen LogP) is 3.44. The molecule has 0 radical (unpaired) electrons. The molecule has 0 spiro atoms. The molecule has 0 unspecified atom stereocenters. The fourth-order valence-corrected chi connectivity index (χ4v) is 5.64. The third kappa shape index (κ3) is 7.11. The number of thiocarbonyl (C=S) groups is 1. The van der Waals surface area contributed by atoms with E-state index in [1.54, 1.807) is 10.8 Å². The Morgan fingerprint density at radius 2 is 1.78 bits per heavy atom. The zero-order valence-electron chi connectivity index (χ0n) is 20.6. The van der Waals surface area contributed by atoms with Gasteiger partial charge >= 0.3 is 0 Å². The summed E-state index contributed by atoms with van der Waals surface area (Å²) in [6.45, 7) is 2.28. The minimum absolute atomic E-state index is 0.000641. The Bertz CT molecular complexity index is 1270. The Balaban J connectivity index is 1.65. The molecule has 192 valence electrons. The summed E-state index contributed by atoms with van der Waals surface area (Å²) in [5, 5.41) is 4.07. The quantitative estimate of drug-likeness (QED) is 0.382. The summed E-state index contributed by atoms with van der Waals surface area (Å²) in [7, 11) is 0.226. The lowest BCUT2D eigenvalue weighted by Gasteiger charge is -2.28. The van der Waals surface area contributed by atoms with E-state index in [1.807, 2.05) is 44.4 Å². The third-order valence-corrected chi connectivity index (χ3v) is 7.97. The third-order valence-electron chi connectivity index (χ3n) is 6.00. The van der Waals surface area contributed by atoms with Crippen molar-refractivity contribution in [2.75, 3.05) is 27.2 Å². The van der Waals surface area contributed by atoms with Gasteiger partial charge in [-0.2, -0.15) is 0 Å². The number of hydrogen-bond acceptors (Lipinski definition) is 5. The van der Waals surface area contributed by atoms with E-state index in [0.29, 0.717) is 36.4 Å². The molecule has 2 aromatic carbocycles. The van der Waals surface area contributed by atoms with Crippen molar-refractivity contribution in [2.24, 2.45) is 0 Å². The summed E-state index contributed by atoms with van der Waals surface area (Å²) in [6, 6.07) is 15.6. The van der Waals surface area contributed by atoms with Gasteiger partial charge in [-0.1, -0.05) is 42.5 Å². The van der Waals surface area contributed by atoms with Gasteiger partial charge < -0.3 is 19.7 Å². The van der Waals surface area contributed by atoms with Gasteiger partial charge in [-0.05, 0) is 62.4 Å². The van der Waals surface area contributed by atoms with Crippen LogP contribution < -0.4 is 5.32 Å². The molecule has 1 aromatic heterocycles. The minimum atomic E-state index is -3.79. The van der Waals surface area contributed by atoms with E-state index in [9.17, 15) is 12.8 Å². The van der Waals surface area contributed by atoms with Crippen LogP contribution in [-0.4, -0.2) is 66.1 Å². The van der Waals surface area contributed by atoms with Crippen LogP contribution in [0.3, 0.4) is 0 Å². The maximum atomic E-state index is 13.5. The SMILES string of the molecule is CN(C)CCN(Cc1cnc(S(=O)(=O)Cc2ccc(F)cc2)n1Cc1ccccc1)C(=S)NC1CC1. The summed E-state index contributed by atoms with van der Waals surface area (Å²) in [5.41, 5.74) is 2.23. The van der Waals surface area contributed by atoms with Gasteiger partial charge in [0.05, 0.1) is 30.7 Å². The second-order valence-corrected chi connectivity index (χ2v) is 11.7. The molecule has 0 atom stereocenters. The van der Waals surface area contributed by atoms with Gasteiger partial charge in [-0.25, -0.2) is 17.8 Å². The van der Waals surface area contributed by atoms with Crippen LogP contribution in [0, 0.1) is 5.82 Å². The van der Waals surface area contributed by atoms with Crippen molar-refractivity contribution in [3.63, 3.8) is 0 Å². The van der Waals surface area contributed by atoms with Crippen molar-refractivity contribution in [1.82, 2.24) is 24.7 Å². The van der Waals surface area contributed by atoms with Crippen LogP contribution in [0.25, 0.3) is 0 Å². The van der Waals surface area contributed by atoms with Crippen molar-refractivity contribution in [3.05, 3.63) is 83.4 Å². The normalized spacial score (nSPS) is 13.7. The van der Waals surface area contributed by atoms with Crippen LogP contribution in [0.4, 0.5) is 4.39 Å². The second-order valence-electron chi connectivity index (χ2n) is 9.44. The molecule has 4 rings (SSSR count). The lowest BCUT2D eigenvalue weighted by atomic mass is 10.2. The molecule has 3 aromatic rings. The molecule has 1 heterocycles. The molecule has 0 amide bonds. The summed E-state index contributed by atoms with van der Waals surface area (Å²) in [4.78, 5) is 8.54. The maximum absolute atomic E-state index is 13.5. The monoisotopic (exact) mass is 529 g/mol. The fourth-order valence-electron chi connectivity index (χ4n) is 3.83. The van der Waals surface area contributed by atoms with Gasteiger partial charge in [0, 0.05) is 19.1 Å². The number of halogens is 1. The Hall–Kier alpha value is -2.82. The molecular weight excluding hydrogens is 497 g/mol. The van der Waals surface area contributed by atoms with E-state index in [4.69, 9.17) is 12.2 Å². The van der Waals surface area contributed by atoms with Gasteiger partial charge in [-0.15, -0.1) is 0 Å². The zero-order valence-corrected chi connectivity index (χ0v) is 22.2. The Morgan fingerprint density at radius 1 is 1.08 bits per heavy atom. The molecule has 1 saturated carbocycles. The number of benzene rings is 2. The predicted molar refractivity (Wildman–Crippen MR) is 143 cm³/mol. The van der Waals surface area contributed by atoms with E-state index in [0.717, 1.165) is 30.6 Å². The Labute approximate surface area is 217 Å². The molecule has 7 nitrogen and oxygen atoms in total. The summed E-state index contributed by atoms with van der Waals surface area (Å²) >= 11 is 5.71. The van der Waals surface area contributed by atoms with Crippen LogP contribution in [0.5, 0.6) is 0 Å². The number of hydrogen-bond donors (Lipinski definition) is 1. The molecule has 1 aliphatic rings. The number of nitrogens with one attached hydrogen (secondary N) is 1. The first-order chi connectivity index (χ1) is 17.2. The number of nitrogens with zero attached hydrogens (tertiary/aromatic N) is 4. The molecular formula is C26H32FN5O2S2. The Morgan fingerprint density at radius 3 is 2.42 bits per heavy atom. The highest BCUT2D eigenvalue weighted by atomic mass is 32.2. The average molecular weight is 530 g/mol. The summed E-state index contributed by atoms with van der Waals surface area (Å²) in [6.07, 6.45) is 3.85. The van der Waals surface area contributed by atoms with E-state index < -0.39 is 15.7 Å². The standard InChI is InChI=1S/C26H32FN5O2S2/c1-30(2)14-15-31(25(35)29-23-12-13-23)18-24-16-28-26(32(24)17-20-6-4-3-5-7-20)36(33,34)19-21-8-10-22(27)11-9-21/h3-11,16,23H,12-15,17-19H2,1-2H3,(H,29,35). The van der Waals surface area contributed by atoms with Gasteiger partial charge in [0.15, 0.2) is 5.11 Å². The fraction of sp³-hybridized carbons (Fsp3) is 0.385. The molecule has 1 N–H and O–H groups in total. The smallest absolute Gasteiger partial charge is 0.228 e. The summed E-state index contributed by atoms with van der Waals surface area (Å²) < 4.78 is 42.0. The number of aromatic nitrogens is 2. The van der Waals surface area contributed by atoms with Gasteiger partial charge in [0.2, 0.25) is 15.0 Å². The Kier molecular flexibility index (Phi) is 8.38. The first-order valence-corrected chi connectivity index (χ1v) is 14.0. The number of rotatable bonds is 11. The number of likely N-dealkylation sites (N-methyl/N-ethyl adjacent to an activating group) is 1. The maximum Gasteiger partial charge on any atom is 0.228 e. The van der Waals surface area contributed by atoms with Gasteiger partial charge in [0.25, 0.3) is 0 Å². The summed E-state index contributed by atoms with van der Waals surface area (Å²) in [5.74, 6) is -0.664. The van der Waals surface area contributed by atoms with Crippen LogP contribution in [-0.2, 0) is 28.7 Å². The molecule has 0 aliphatic heterocycles. The van der Waals surface area contributed by atoms with Crippen molar-refractivity contribution in [1.29, 1.82) is 0 Å². The second kappa shape index (κ2) is 11.5. The van der Waals surface area contributed by atoms with E-state index >= 15 is 0 Å². The number of sulfone groups is 1. The lowest BCUT2D eigenvalue weighted by Crippen LogP contribution is -2.43. The van der Waals surface area contributed by atoms with Crippen molar-refractivity contribution >= 4 is 27.2 Å². The minimum Gasteiger partial charge on any atom is -0.360 e. The van der Waals surface area contributed by atoms with Gasteiger partial charge in [0.1, 0.15) is 5.82 Å². The molecule has 1 aliphatic carbocycles. The first-order valence-electron chi connectivity index (χ1n) is 12.0.